The van der Waals surface area contributed by atoms with Crippen LogP contribution in [0.15, 0.2) is 41.9 Å². The summed E-state index contributed by atoms with van der Waals surface area (Å²) in [5, 5.41) is 5.23. The van der Waals surface area contributed by atoms with Crippen LogP contribution < -0.4 is 10.6 Å². The third-order valence-corrected chi connectivity index (χ3v) is 3.76. The van der Waals surface area contributed by atoms with Crippen LogP contribution in [0.3, 0.4) is 0 Å². The second-order valence-corrected chi connectivity index (χ2v) is 5.48. The molecule has 1 heterocycles. The molecule has 21 heavy (non-hydrogen) atoms. The second kappa shape index (κ2) is 7.03. The first-order valence-electron chi connectivity index (χ1n) is 6.27. The fraction of sp³-hybridized carbons (Fsp3) is 0.214. The van der Waals surface area contributed by atoms with Gasteiger partial charge in [-0.2, -0.15) is 0 Å². The standard InChI is InChI=1S/C14H14FN3O2S/c1-2-7-16-14-18-13(20)11(21-14)8-12(19)17-10-5-3-9(15)4-6-10/h2-6,11H,1,7-8H2,(H,17,19)(H,16,18,20). The van der Waals surface area contributed by atoms with Crippen molar-refractivity contribution in [3.8, 4) is 0 Å². The Morgan fingerprint density at radius 1 is 1.48 bits per heavy atom. The third kappa shape index (κ3) is 4.42. The monoisotopic (exact) mass is 307 g/mol. The molecule has 2 N–H and O–H groups in total. The van der Waals surface area contributed by atoms with E-state index in [-0.39, 0.29) is 24.1 Å². The summed E-state index contributed by atoms with van der Waals surface area (Å²) in [6.45, 7) is 3.96. The zero-order valence-corrected chi connectivity index (χ0v) is 12.0. The molecule has 5 nitrogen and oxygen atoms in total. The maximum absolute atomic E-state index is 12.8. The van der Waals surface area contributed by atoms with Gasteiger partial charge in [-0.3, -0.25) is 14.6 Å². The van der Waals surface area contributed by atoms with E-state index in [1.165, 1.54) is 36.0 Å². The minimum Gasteiger partial charge on any atom is -0.326 e. The number of nitrogens with one attached hydrogen (secondary N) is 2. The summed E-state index contributed by atoms with van der Waals surface area (Å²) in [6, 6.07) is 5.44. The van der Waals surface area contributed by atoms with Crippen molar-refractivity contribution in [3.63, 3.8) is 0 Å². The quantitative estimate of drug-likeness (QED) is 0.817. The van der Waals surface area contributed by atoms with Crippen molar-refractivity contribution in [1.29, 1.82) is 0 Å². The maximum atomic E-state index is 12.8. The van der Waals surface area contributed by atoms with Crippen LogP contribution >= 0.6 is 11.8 Å². The number of amides is 2. The van der Waals surface area contributed by atoms with Crippen LogP contribution in [-0.2, 0) is 9.59 Å². The van der Waals surface area contributed by atoms with Crippen LogP contribution in [0.4, 0.5) is 10.1 Å². The molecule has 110 valence electrons. The molecule has 2 rings (SSSR count). The van der Waals surface area contributed by atoms with Crippen molar-refractivity contribution >= 4 is 34.4 Å². The average Bonchev–Trinajstić information content (AvgIpc) is 2.79. The second-order valence-electron chi connectivity index (χ2n) is 4.29. The lowest BCUT2D eigenvalue weighted by atomic mass is 10.2. The maximum Gasteiger partial charge on any atom is 0.240 e. The Bertz CT molecular complexity index is 586. The van der Waals surface area contributed by atoms with Crippen molar-refractivity contribution < 1.29 is 14.0 Å². The summed E-state index contributed by atoms with van der Waals surface area (Å²) in [5.41, 5.74) is 0.491. The number of hydrogen-bond acceptors (Lipinski definition) is 4. The predicted molar refractivity (Wildman–Crippen MR) is 81.7 cm³/mol. The topological polar surface area (TPSA) is 70.6 Å². The first-order chi connectivity index (χ1) is 10.1. The van der Waals surface area contributed by atoms with Gasteiger partial charge >= 0.3 is 0 Å². The Labute approximate surface area is 125 Å². The van der Waals surface area contributed by atoms with Gasteiger partial charge in [-0.15, -0.1) is 6.58 Å². The average molecular weight is 307 g/mol. The number of anilines is 1. The van der Waals surface area contributed by atoms with Gasteiger partial charge in [-0.05, 0) is 24.3 Å². The molecule has 1 fully saturated rings. The van der Waals surface area contributed by atoms with Gasteiger partial charge in [0.25, 0.3) is 0 Å². The highest BCUT2D eigenvalue weighted by atomic mass is 32.2. The van der Waals surface area contributed by atoms with E-state index in [0.29, 0.717) is 17.4 Å². The van der Waals surface area contributed by atoms with Crippen LogP contribution in [0.5, 0.6) is 0 Å². The molecule has 0 aromatic heterocycles. The molecular weight excluding hydrogens is 293 g/mol. The smallest absolute Gasteiger partial charge is 0.240 e. The molecule has 1 aromatic carbocycles. The Hall–Kier alpha value is -2.15. The molecule has 0 saturated carbocycles. The Morgan fingerprint density at radius 2 is 2.19 bits per heavy atom. The number of carbonyl (C=O) groups is 2. The first kappa shape index (κ1) is 15.2. The number of rotatable bonds is 5. The molecule has 1 saturated heterocycles. The molecule has 7 heteroatoms. The Balaban J connectivity index is 1.89. The summed E-state index contributed by atoms with van der Waals surface area (Å²) in [6.07, 6.45) is 1.65. The zero-order valence-electron chi connectivity index (χ0n) is 11.1. The van der Waals surface area contributed by atoms with Crippen LogP contribution in [0.2, 0.25) is 0 Å². The highest BCUT2D eigenvalue weighted by molar-refractivity contribution is 8.15. The number of benzene rings is 1. The lowest BCUT2D eigenvalue weighted by Crippen LogP contribution is -2.28. The van der Waals surface area contributed by atoms with E-state index in [1.54, 1.807) is 6.08 Å². The number of carbonyl (C=O) groups excluding carboxylic acids is 2. The summed E-state index contributed by atoms with van der Waals surface area (Å²) in [4.78, 5) is 27.7. The largest absolute Gasteiger partial charge is 0.326 e. The summed E-state index contributed by atoms with van der Waals surface area (Å²) in [5.74, 6) is -0.918. The number of amidine groups is 1. The number of thioether (sulfide) groups is 1. The van der Waals surface area contributed by atoms with Gasteiger partial charge < -0.3 is 10.6 Å². The molecule has 1 unspecified atom stereocenters. The summed E-state index contributed by atoms with van der Waals surface area (Å²) in [7, 11) is 0. The minimum atomic E-state index is -0.506. The molecule has 0 bridgehead atoms. The molecule has 1 aliphatic heterocycles. The highest BCUT2D eigenvalue weighted by Gasteiger charge is 2.31. The van der Waals surface area contributed by atoms with Gasteiger partial charge in [0.1, 0.15) is 11.1 Å². The fourth-order valence-electron chi connectivity index (χ4n) is 1.68. The van der Waals surface area contributed by atoms with E-state index in [4.69, 9.17) is 0 Å². The fourth-order valence-corrected chi connectivity index (χ4v) is 2.65. The van der Waals surface area contributed by atoms with Crippen LogP contribution in [0.25, 0.3) is 0 Å². The van der Waals surface area contributed by atoms with Gasteiger partial charge in [-0.25, -0.2) is 4.39 Å². The predicted octanol–water partition coefficient (Wildman–Crippen LogP) is 1.93. The lowest BCUT2D eigenvalue weighted by molar-refractivity contribution is -0.122. The number of nitrogens with zero attached hydrogens (tertiary/aromatic N) is 1. The number of hydrogen-bond donors (Lipinski definition) is 2. The van der Waals surface area contributed by atoms with Gasteiger partial charge in [0.2, 0.25) is 11.8 Å². The zero-order chi connectivity index (χ0) is 15.2. The molecule has 0 aliphatic carbocycles. The van der Waals surface area contributed by atoms with Gasteiger partial charge in [-0.1, -0.05) is 17.8 Å². The Kier molecular flexibility index (Phi) is 5.10. The number of halogens is 1. The molecule has 1 aliphatic rings. The van der Waals surface area contributed by atoms with Crippen molar-refractivity contribution in [2.45, 2.75) is 11.7 Å². The molecular formula is C14H14FN3O2S. The van der Waals surface area contributed by atoms with Gasteiger partial charge in [0, 0.05) is 12.1 Å². The van der Waals surface area contributed by atoms with Crippen LogP contribution in [0, 0.1) is 5.82 Å². The minimum absolute atomic E-state index is 0.0288. The normalized spacial score (nSPS) is 19.4. The van der Waals surface area contributed by atoms with Crippen LogP contribution in [-0.4, -0.2) is 28.8 Å². The summed E-state index contributed by atoms with van der Waals surface area (Å²) < 4.78 is 12.8. The summed E-state index contributed by atoms with van der Waals surface area (Å²) >= 11 is 1.22. The first-order valence-corrected chi connectivity index (χ1v) is 7.14. The van der Waals surface area contributed by atoms with E-state index in [2.05, 4.69) is 22.2 Å². The third-order valence-electron chi connectivity index (χ3n) is 2.64. The van der Waals surface area contributed by atoms with E-state index in [1.807, 2.05) is 0 Å². The Morgan fingerprint density at radius 3 is 2.86 bits per heavy atom. The lowest BCUT2D eigenvalue weighted by Gasteiger charge is -2.07. The van der Waals surface area contributed by atoms with E-state index in [9.17, 15) is 14.0 Å². The van der Waals surface area contributed by atoms with Crippen molar-refractivity contribution in [3.05, 3.63) is 42.7 Å². The molecule has 1 aromatic rings. The van der Waals surface area contributed by atoms with Gasteiger partial charge in [0.15, 0.2) is 5.17 Å². The van der Waals surface area contributed by atoms with E-state index < -0.39 is 5.25 Å². The van der Waals surface area contributed by atoms with Gasteiger partial charge in [0.05, 0.1) is 6.54 Å². The van der Waals surface area contributed by atoms with Crippen molar-refractivity contribution in [2.75, 3.05) is 11.9 Å². The van der Waals surface area contributed by atoms with E-state index >= 15 is 0 Å². The van der Waals surface area contributed by atoms with Crippen LogP contribution in [0.1, 0.15) is 6.42 Å². The molecule has 0 radical (unpaired) electrons. The molecule has 2 amide bonds. The van der Waals surface area contributed by atoms with Crippen molar-refractivity contribution in [2.24, 2.45) is 4.99 Å². The molecule has 1 atom stereocenters. The van der Waals surface area contributed by atoms with E-state index in [0.717, 1.165) is 0 Å². The highest BCUT2D eigenvalue weighted by Crippen LogP contribution is 2.23. The molecule has 0 spiro atoms. The SMILES string of the molecule is C=CCN=C1NC(=O)C(CC(=O)Nc2ccc(F)cc2)S1. The number of aliphatic imine (C=N–C) groups is 1. The van der Waals surface area contributed by atoms with Crippen molar-refractivity contribution in [1.82, 2.24) is 5.32 Å².